The number of nitrogens with zero attached hydrogens (tertiary/aromatic N) is 5. The second kappa shape index (κ2) is 17.9. The SMILES string of the molecule is c1ccc(-c2cc(-c3ccc(-n4c5ccccc5c5ccccc54)c(-c4ccc(-c5cc6c7c(c5)N(c5ccccc5)c5ccccc5B7c5ccccc5N6c5ccccc5)cc4)c3)nc(-c3ccccc3)n2)cc1. The van der Waals surface area contributed by atoms with Crippen LogP contribution in [-0.4, -0.2) is 21.2 Å². The van der Waals surface area contributed by atoms with Gasteiger partial charge in [0.2, 0.25) is 0 Å². The highest BCUT2D eigenvalue weighted by atomic mass is 15.2. The van der Waals surface area contributed by atoms with Crippen molar-refractivity contribution in [1.82, 2.24) is 14.5 Å². The van der Waals surface area contributed by atoms with Crippen LogP contribution >= 0.6 is 0 Å². The Labute approximate surface area is 442 Å². The average Bonchev–Trinajstić information content (AvgIpc) is 3.93. The van der Waals surface area contributed by atoms with Gasteiger partial charge in [0.1, 0.15) is 0 Å². The molecule has 0 atom stereocenters. The zero-order valence-electron chi connectivity index (χ0n) is 41.4. The Morgan fingerprint density at radius 2 is 0.737 bits per heavy atom. The van der Waals surface area contributed by atoms with Crippen LogP contribution in [0.4, 0.5) is 34.1 Å². The van der Waals surface area contributed by atoms with Gasteiger partial charge in [-0.3, -0.25) is 0 Å². The summed E-state index contributed by atoms with van der Waals surface area (Å²) in [4.78, 5) is 15.4. The minimum absolute atomic E-state index is 0.0442. The zero-order chi connectivity index (χ0) is 50.1. The van der Waals surface area contributed by atoms with Crippen LogP contribution in [0.25, 0.3) is 83.6 Å². The molecule has 354 valence electrons. The van der Waals surface area contributed by atoms with Gasteiger partial charge in [0.05, 0.1) is 28.1 Å². The fraction of sp³-hybridized carbons (Fsp3) is 0. The molecular formula is C70H46BN5. The summed E-state index contributed by atoms with van der Waals surface area (Å²) < 4.78 is 2.43. The largest absolute Gasteiger partial charge is 0.311 e. The molecule has 11 aromatic carbocycles. The van der Waals surface area contributed by atoms with Crippen LogP contribution in [0.1, 0.15) is 0 Å². The Kier molecular flexibility index (Phi) is 10.2. The zero-order valence-corrected chi connectivity index (χ0v) is 41.4. The van der Waals surface area contributed by atoms with E-state index < -0.39 is 0 Å². The maximum Gasteiger partial charge on any atom is 0.252 e. The van der Waals surface area contributed by atoms with Crippen LogP contribution in [0.15, 0.2) is 279 Å². The molecule has 0 N–H and O–H groups in total. The predicted molar refractivity (Wildman–Crippen MR) is 318 cm³/mol. The van der Waals surface area contributed by atoms with Crippen molar-refractivity contribution in [1.29, 1.82) is 0 Å². The van der Waals surface area contributed by atoms with Crippen LogP contribution in [-0.2, 0) is 0 Å². The molecule has 2 aliphatic rings. The van der Waals surface area contributed by atoms with Crippen molar-refractivity contribution in [2.75, 3.05) is 9.80 Å². The van der Waals surface area contributed by atoms with Crippen molar-refractivity contribution in [3.05, 3.63) is 279 Å². The van der Waals surface area contributed by atoms with Gasteiger partial charge in [-0.15, -0.1) is 0 Å². The van der Waals surface area contributed by atoms with Crippen LogP contribution < -0.4 is 26.2 Å². The molecule has 2 aliphatic heterocycles. The smallest absolute Gasteiger partial charge is 0.252 e. The highest BCUT2D eigenvalue weighted by Crippen LogP contribution is 2.47. The van der Waals surface area contributed by atoms with E-state index in [4.69, 9.17) is 9.97 Å². The second-order valence-electron chi connectivity index (χ2n) is 19.7. The number of para-hydroxylation sites is 6. The lowest BCUT2D eigenvalue weighted by Crippen LogP contribution is -2.61. The molecule has 0 saturated carbocycles. The number of aromatic nitrogens is 3. The summed E-state index contributed by atoms with van der Waals surface area (Å²) in [5.74, 6) is 0.688. The van der Waals surface area contributed by atoms with E-state index in [1.165, 1.54) is 49.9 Å². The Bertz CT molecular complexity index is 4120. The van der Waals surface area contributed by atoms with Gasteiger partial charge in [-0.05, 0) is 112 Å². The monoisotopic (exact) mass is 967 g/mol. The molecule has 5 nitrogen and oxygen atoms in total. The van der Waals surface area contributed by atoms with Crippen molar-refractivity contribution < 1.29 is 0 Å². The molecule has 4 heterocycles. The summed E-state index contributed by atoms with van der Waals surface area (Å²) >= 11 is 0. The number of fused-ring (bicyclic) bond motifs is 7. The molecule has 0 saturated heterocycles. The van der Waals surface area contributed by atoms with Gasteiger partial charge < -0.3 is 14.4 Å². The second-order valence-corrected chi connectivity index (χ2v) is 19.7. The van der Waals surface area contributed by atoms with E-state index in [1.54, 1.807) is 0 Å². The summed E-state index contributed by atoms with van der Waals surface area (Å²) in [5, 5.41) is 2.44. The van der Waals surface area contributed by atoms with E-state index in [2.05, 4.69) is 269 Å². The standard InChI is InChI=1S/C70H46BN5/c1-5-21-49(22-6-1)60-46-61(73-70(72-60)50-23-7-2-8-24-50)51-41-42-64(76-62-33-17-13-29-55(62)56-30-14-18-34-63(56)76)57(43-51)48-39-37-47(38-40-48)52-44-67-69-68(45-52)75(54-27-11-4-12-28-54)66-36-20-16-32-59(66)71(69)58-31-15-19-35-65(58)74(67)53-25-9-3-10-26-53/h1-46H. The van der Waals surface area contributed by atoms with E-state index >= 15 is 0 Å². The number of rotatable bonds is 8. The van der Waals surface area contributed by atoms with Crippen LogP contribution in [0.5, 0.6) is 0 Å². The normalized spacial score (nSPS) is 12.4. The Morgan fingerprint density at radius 3 is 1.30 bits per heavy atom. The molecule has 0 spiro atoms. The van der Waals surface area contributed by atoms with E-state index in [-0.39, 0.29) is 6.71 Å². The molecular weight excluding hydrogens is 922 g/mol. The third-order valence-electron chi connectivity index (χ3n) is 15.4. The molecule has 0 fully saturated rings. The summed E-state index contributed by atoms with van der Waals surface area (Å²) in [5.41, 5.74) is 23.5. The summed E-state index contributed by atoms with van der Waals surface area (Å²) in [6, 6.07) is 101. The van der Waals surface area contributed by atoms with Crippen molar-refractivity contribution in [3.8, 4) is 61.8 Å². The van der Waals surface area contributed by atoms with Gasteiger partial charge in [-0.25, -0.2) is 9.97 Å². The van der Waals surface area contributed by atoms with Crippen molar-refractivity contribution >= 4 is 79.0 Å². The van der Waals surface area contributed by atoms with Crippen molar-refractivity contribution in [2.24, 2.45) is 0 Å². The van der Waals surface area contributed by atoms with E-state index in [9.17, 15) is 0 Å². The number of anilines is 6. The van der Waals surface area contributed by atoms with Crippen molar-refractivity contribution in [2.45, 2.75) is 0 Å². The summed E-state index contributed by atoms with van der Waals surface area (Å²) in [6.45, 7) is 0.0442. The van der Waals surface area contributed by atoms with Gasteiger partial charge in [0.15, 0.2) is 5.82 Å². The number of hydrogen-bond donors (Lipinski definition) is 0. The van der Waals surface area contributed by atoms with E-state index in [1.807, 2.05) is 24.3 Å². The predicted octanol–water partition coefficient (Wildman–Crippen LogP) is 16.0. The minimum Gasteiger partial charge on any atom is -0.311 e. The quantitative estimate of drug-likeness (QED) is 0.142. The van der Waals surface area contributed by atoms with Crippen molar-refractivity contribution in [3.63, 3.8) is 0 Å². The van der Waals surface area contributed by atoms with Crippen LogP contribution in [0.3, 0.4) is 0 Å². The maximum atomic E-state index is 5.30. The molecule has 2 aromatic heterocycles. The maximum absolute atomic E-state index is 5.30. The number of hydrogen-bond acceptors (Lipinski definition) is 4. The molecule has 6 heteroatoms. The summed E-state index contributed by atoms with van der Waals surface area (Å²) in [7, 11) is 0. The third kappa shape index (κ3) is 7.10. The lowest BCUT2D eigenvalue weighted by molar-refractivity contribution is 1.17. The number of benzene rings is 11. The Morgan fingerprint density at radius 1 is 0.289 bits per heavy atom. The van der Waals surface area contributed by atoms with Crippen LogP contribution in [0.2, 0.25) is 0 Å². The summed E-state index contributed by atoms with van der Waals surface area (Å²) in [6.07, 6.45) is 0. The first-order valence-corrected chi connectivity index (χ1v) is 26.0. The topological polar surface area (TPSA) is 37.2 Å². The highest BCUT2D eigenvalue weighted by molar-refractivity contribution is 7.00. The van der Waals surface area contributed by atoms with Crippen LogP contribution in [0, 0.1) is 0 Å². The van der Waals surface area contributed by atoms with Gasteiger partial charge >= 0.3 is 0 Å². The first kappa shape index (κ1) is 43.5. The average molecular weight is 968 g/mol. The molecule has 0 amide bonds. The first-order chi connectivity index (χ1) is 37.7. The van der Waals surface area contributed by atoms with Gasteiger partial charge in [0.25, 0.3) is 6.71 Å². The minimum atomic E-state index is 0.0442. The molecule has 13 aromatic rings. The molecule has 15 rings (SSSR count). The molecule has 0 aliphatic carbocycles. The Hall–Kier alpha value is -10.0. The van der Waals surface area contributed by atoms with Gasteiger partial charge in [0, 0.05) is 67.2 Å². The lowest BCUT2D eigenvalue weighted by Gasteiger charge is -2.44. The third-order valence-corrected chi connectivity index (χ3v) is 15.4. The highest BCUT2D eigenvalue weighted by Gasteiger charge is 2.43. The molecule has 0 radical (unpaired) electrons. The fourth-order valence-corrected chi connectivity index (χ4v) is 12.0. The fourth-order valence-electron chi connectivity index (χ4n) is 12.0. The first-order valence-electron chi connectivity index (χ1n) is 26.0. The van der Waals surface area contributed by atoms with Gasteiger partial charge in [-0.2, -0.15) is 0 Å². The molecule has 0 bridgehead atoms. The lowest BCUT2D eigenvalue weighted by atomic mass is 9.33. The molecule has 76 heavy (non-hydrogen) atoms. The Balaban J connectivity index is 0.939. The van der Waals surface area contributed by atoms with E-state index in [0.717, 1.165) is 78.4 Å². The molecule has 0 unspecified atom stereocenters. The van der Waals surface area contributed by atoms with Gasteiger partial charge in [-0.1, -0.05) is 200 Å². The van der Waals surface area contributed by atoms with E-state index in [0.29, 0.717) is 5.82 Å².